The fraction of sp³-hybridized carbons (Fsp3) is 0.111. The molecule has 0 atom stereocenters. The summed E-state index contributed by atoms with van der Waals surface area (Å²) in [7, 11) is 2.02. The highest BCUT2D eigenvalue weighted by Gasteiger charge is 2.23. The minimum atomic E-state index is 0.643. The lowest BCUT2D eigenvalue weighted by Crippen LogP contribution is -2.30. The second-order valence-electron chi connectivity index (χ2n) is 7.81. The molecule has 0 radical (unpaired) electrons. The van der Waals surface area contributed by atoms with Crippen molar-refractivity contribution in [2.45, 2.75) is 13.8 Å². The number of nitrogens with zero attached hydrogens (tertiary/aromatic N) is 2. The number of rotatable bonds is 2. The number of pyridine rings is 1. The Morgan fingerprint density at radius 2 is 1.67 bits per heavy atom. The lowest BCUT2D eigenvalue weighted by atomic mass is 9.95. The third kappa shape index (κ3) is 2.77. The summed E-state index contributed by atoms with van der Waals surface area (Å²) in [6.07, 6.45) is 2.02. The zero-order chi connectivity index (χ0) is 20.8. The van der Waals surface area contributed by atoms with E-state index in [1.54, 1.807) is 0 Å². The van der Waals surface area contributed by atoms with Gasteiger partial charge in [-0.1, -0.05) is 35.9 Å². The van der Waals surface area contributed by atoms with Crippen LogP contribution in [-0.2, 0) is 7.05 Å². The van der Waals surface area contributed by atoms with Crippen molar-refractivity contribution in [2.24, 2.45) is 7.05 Å². The molecule has 0 saturated heterocycles. The van der Waals surface area contributed by atoms with Gasteiger partial charge >= 0.3 is 0 Å². The van der Waals surface area contributed by atoms with Crippen LogP contribution in [0.15, 0.2) is 77.3 Å². The van der Waals surface area contributed by atoms with E-state index in [9.17, 15) is 5.26 Å². The first-order valence-electron chi connectivity index (χ1n) is 9.99. The van der Waals surface area contributed by atoms with Crippen LogP contribution in [0.1, 0.15) is 16.7 Å². The molecule has 5 aromatic rings. The van der Waals surface area contributed by atoms with Crippen LogP contribution in [-0.4, -0.2) is 0 Å². The molecule has 0 aliphatic carbocycles. The first-order chi connectivity index (χ1) is 14.6. The summed E-state index contributed by atoms with van der Waals surface area (Å²) >= 11 is 0. The van der Waals surface area contributed by atoms with E-state index in [2.05, 4.69) is 60.0 Å². The Balaban J connectivity index is 1.86. The Morgan fingerprint density at radius 1 is 0.900 bits per heavy atom. The van der Waals surface area contributed by atoms with Gasteiger partial charge in [-0.15, -0.1) is 0 Å². The molecule has 2 heterocycles. The van der Waals surface area contributed by atoms with Gasteiger partial charge in [0.25, 0.3) is 0 Å². The van der Waals surface area contributed by atoms with Crippen molar-refractivity contribution in [3.63, 3.8) is 0 Å². The number of fused-ring (bicyclic) bond motifs is 3. The maximum Gasteiger partial charge on any atom is 0.216 e. The Labute approximate surface area is 175 Å². The van der Waals surface area contributed by atoms with Crippen molar-refractivity contribution in [3.8, 4) is 28.5 Å². The molecule has 0 spiro atoms. The van der Waals surface area contributed by atoms with Gasteiger partial charge in [0.2, 0.25) is 5.69 Å². The van der Waals surface area contributed by atoms with Crippen molar-refractivity contribution in [1.82, 2.24) is 0 Å². The highest BCUT2D eigenvalue weighted by Crippen LogP contribution is 2.40. The van der Waals surface area contributed by atoms with Crippen LogP contribution in [0.4, 0.5) is 0 Å². The molecule has 3 heteroatoms. The van der Waals surface area contributed by atoms with E-state index in [-0.39, 0.29) is 0 Å². The molecule has 0 unspecified atom stereocenters. The molecule has 30 heavy (non-hydrogen) atoms. The SMILES string of the molecule is Cc1ccc(-c2ccc3oc4c(-c5cccc[n+]5C)c(C)cc(C#N)c4c3c2)cc1. The van der Waals surface area contributed by atoms with E-state index in [0.717, 1.165) is 49.9 Å². The molecular formula is C27H21N2O+. The molecule has 3 nitrogen and oxygen atoms in total. The van der Waals surface area contributed by atoms with Crippen LogP contribution < -0.4 is 4.57 Å². The van der Waals surface area contributed by atoms with Gasteiger partial charge in [0.15, 0.2) is 11.8 Å². The zero-order valence-electron chi connectivity index (χ0n) is 17.2. The number of hydrogen-bond acceptors (Lipinski definition) is 2. The van der Waals surface area contributed by atoms with Crippen molar-refractivity contribution >= 4 is 21.9 Å². The predicted molar refractivity (Wildman–Crippen MR) is 120 cm³/mol. The maximum absolute atomic E-state index is 9.87. The van der Waals surface area contributed by atoms with Gasteiger partial charge in [-0.3, -0.25) is 0 Å². The molecular weight excluding hydrogens is 368 g/mol. The van der Waals surface area contributed by atoms with Crippen molar-refractivity contribution in [2.75, 3.05) is 0 Å². The Hall–Kier alpha value is -3.90. The summed E-state index contributed by atoms with van der Waals surface area (Å²) in [5, 5.41) is 11.7. The molecule has 0 aliphatic rings. The zero-order valence-corrected chi connectivity index (χ0v) is 17.2. The van der Waals surface area contributed by atoms with Gasteiger partial charge < -0.3 is 4.42 Å². The molecule has 0 amide bonds. The van der Waals surface area contributed by atoms with Gasteiger partial charge in [-0.05, 0) is 54.8 Å². The van der Waals surface area contributed by atoms with E-state index in [1.807, 2.05) is 44.4 Å². The first kappa shape index (κ1) is 18.1. The smallest absolute Gasteiger partial charge is 0.216 e. The predicted octanol–water partition coefficient (Wildman–Crippen LogP) is 6.23. The van der Waals surface area contributed by atoms with Gasteiger partial charge in [-0.25, -0.2) is 4.57 Å². The summed E-state index contributed by atoms with van der Waals surface area (Å²) in [6.45, 7) is 4.12. The van der Waals surface area contributed by atoms with E-state index in [4.69, 9.17) is 4.42 Å². The molecule has 2 aromatic heterocycles. The molecule has 144 valence electrons. The van der Waals surface area contributed by atoms with Crippen LogP contribution in [0.25, 0.3) is 44.3 Å². The summed E-state index contributed by atoms with van der Waals surface area (Å²) in [6, 6.07) is 25.2. The highest BCUT2D eigenvalue weighted by molar-refractivity contribution is 6.13. The van der Waals surface area contributed by atoms with Gasteiger partial charge in [-0.2, -0.15) is 5.26 Å². The Kier molecular flexibility index (Phi) is 4.15. The number of aryl methyl sites for hydroxylation is 3. The molecule has 0 fully saturated rings. The topological polar surface area (TPSA) is 40.8 Å². The Morgan fingerprint density at radius 3 is 2.40 bits per heavy atom. The van der Waals surface area contributed by atoms with E-state index in [1.165, 1.54) is 5.56 Å². The lowest BCUT2D eigenvalue weighted by molar-refractivity contribution is -0.660. The van der Waals surface area contributed by atoms with Crippen LogP contribution >= 0.6 is 0 Å². The molecule has 3 aromatic carbocycles. The number of furan rings is 1. The first-order valence-corrected chi connectivity index (χ1v) is 9.99. The van der Waals surface area contributed by atoms with Crippen molar-refractivity contribution < 1.29 is 8.98 Å². The average Bonchev–Trinajstić information content (AvgIpc) is 3.13. The second-order valence-corrected chi connectivity index (χ2v) is 7.81. The van der Waals surface area contributed by atoms with Crippen molar-refractivity contribution in [1.29, 1.82) is 5.26 Å². The van der Waals surface area contributed by atoms with Crippen LogP contribution in [0.2, 0.25) is 0 Å². The largest absolute Gasteiger partial charge is 0.455 e. The minimum Gasteiger partial charge on any atom is -0.455 e. The average molecular weight is 389 g/mol. The summed E-state index contributed by atoms with van der Waals surface area (Å²) in [5.41, 5.74) is 8.81. The maximum atomic E-state index is 9.87. The highest BCUT2D eigenvalue weighted by atomic mass is 16.3. The molecule has 0 N–H and O–H groups in total. The lowest BCUT2D eigenvalue weighted by Gasteiger charge is -2.06. The summed E-state index contributed by atoms with van der Waals surface area (Å²) in [4.78, 5) is 0. The molecule has 5 rings (SSSR count). The molecule has 0 bridgehead atoms. The second kappa shape index (κ2) is 6.86. The number of nitriles is 1. The fourth-order valence-corrected chi connectivity index (χ4v) is 4.20. The molecule has 0 aliphatic heterocycles. The van der Waals surface area contributed by atoms with Crippen LogP contribution in [0, 0.1) is 25.2 Å². The standard InChI is InChI=1S/C27H21N2O/c1-17-7-9-19(10-8-17)20-11-12-24-22(15-20)26-21(16-28)14-18(2)25(27(26)30-24)23-6-4-5-13-29(23)3/h4-15H,1-3H3/q+1. The third-order valence-corrected chi connectivity index (χ3v) is 5.76. The van der Waals surface area contributed by atoms with E-state index < -0.39 is 0 Å². The minimum absolute atomic E-state index is 0.643. The van der Waals surface area contributed by atoms with E-state index in [0.29, 0.717) is 5.56 Å². The molecule has 0 saturated carbocycles. The normalized spacial score (nSPS) is 11.1. The van der Waals surface area contributed by atoms with E-state index >= 15 is 0 Å². The summed E-state index contributed by atoms with van der Waals surface area (Å²) < 4.78 is 8.44. The van der Waals surface area contributed by atoms with Crippen LogP contribution in [0.5, 0.6) is 0 Å². The van der Waals surface area contributed by atoms with Gasteiger partial charge in [0.1, 0.15) is 12.6 Å². The number of hydrogen-bond donors (Lipinski definition) is 0. The van der Waals surface area contributed by atoms with Crippen molar-refractivity contribution in [3.05, 3.63) is 89.6 Å². The number of aromatic nitrogens is 1. The Bertz CT molecular complexity index is 1470. The quantitative estimate of drug-likeness (QED) is 0.336. The fourth-order valence-electron chi connectivity index (χ4n) is 4.20. The third-order valence-electron chi connectivity index (χ3n) is 5.76. The monoisotopic (exact) mass is 389 g/mol. The number of benzene rings is 3. The van der Waals surface area contributed by atoms with Gasteiger partial charge in [0, 0.05) is 22.9 Å². The van der Waals surface area contributed by atoms with Gasteiger partial charge in [0.05, 0.1) is 17.2 Å². The summed E-state index contributed by atoms with van der Waals surface area (Å²) in [5.74, 6) is 0. The van der Waals surface area contributed by atoms with Crippen LogP contribution in [0.3, 0.4) is 0 Å².